The van der Waals surface area contributed by atoms with Crippen molar-refractivity contribution in [2.75, 3.05) is 20.4 Å². The normalized spacial score (nSPS) is 21.4. The second-order valence-electron chi connectivity index (χ2n) is 12.5. The number of nitrogens with one attached hydrogen (secondary N) is 1. The third-order valence-electron chi connectivity index (χ3n) is 8.59. The molecule has 2 atom stereocenters. The van der Waals surface area contributed by atoms with E-state index in [4.69, 9.17) is 14.5 Å². The number of carbonyl (C=O) groups excluding carboxylic acids is 3. The molecule has 8 nitrogen and oxygen atoms in total. The Labute approximate surface area is 252 Å². The first-order chi connectivity index (χ1) is 19.8. The number of aryl methyl sites for hydroxylation is 1. The third kappa shape index (κ3) is 4.81. The number of amides is 2. The Hall–Kier alpha value is -3.59. The lowest BCUT2D eigenvalue weighted by atomic mass is 9.68. The number of allylic oxidation sites excluding steroid dienone is 2. The Morgan fingerprint density at radius 3 is 2.50 bits per heavy atom. The van der Waals surface area contributed by atoms with Gasteiger partial charge in [0.25, 0.3) is 11.8 Å². The summed E-state index contributed by atoms with van der Waals surface area (Å²) < 4.78 is 15.2. The summed E-state index contributed by atoms with van der Waals surface area (Å²) in [5.74, 6) is 0.886. The fourth-order valence-electron chi connectivity index (χ4n) is 6.71. The zero-order chi connectivity index (χ0) is 30.7. The second kappa shape index (κ2) is 10.9. The number of methoxy groups -OCH3 is 1. The number of nitrogens with zero attached hydrogens (tertiary/aromatic N) is 2. The predicted octanol–water partition coefficient (Wildman–Crippen LogP) is 5.89. The van der Waals surface area contributed by atoms with Crippen LogP contribution < -0.4 is 9.46 Å². The fourth-order valence-corrected chi connectivity index (χ4v) is 6.99. The van der Waals surface area contributed by atoms with Crippen molar-refractivity contribution in [3.8, 4) is 17.0 Å². The van der Waals surface area contributed by atoms with Crippen LogP contribution in [-0.4, -0.2) is 53.9 Å². The summed E-state index contributed by atoms with van der Waals surface area (Å²) in [4.78, 5) is 47.1. The van der Waals surface area contributed by atoms with Crippen LogP contribution in [0.3, 0.4) is 0 Å². The summed E-state index contributed by atoms with van der Waals surface area (Å²) in [6, 6.07) is 7.31. The first-order valence-electron chi connectivity index (χ1n) is 14.2. The maximum Gasteiger partial charge on any atom is 0.279 e. The third-order valence-corrected chi connectivity index (χ3v) is 8.98. The Morgan fingerprint density at radius 2 is 1.86 bits per heavy atom. The van der Waals surface area contributed by atoms with Gasteiger partial charge in [-0.05, 0) is 54.5 Å². The van der Waals surface area contributed by atoms with Gasteiger partial charge in [0.15, 0.2) is 5.78 Å². The molecule has 3 heterocycles. The lowest BCUT2D eigenvalue weighted by Crippen LogP contribution is -2.36. The standard InChI is InChI=1S/C33H39N3O5S/c1-16(2)29-30-27(32(39)36(29)7)26(25-21(37)14-33(5,6)15-23(25)41-30)24-18(4)19(11-13-22(24)40-8)20-12-10-17(3)28(34-20)31(38)35-42-9/h10-13,16,26,29H,14-15H2,1-9H3,(H,35,38)/t26-,29+/m1/s1. The van der Waals surface area contributed by atoms with Crippen molar-refractivity contribution in [3.63, 3.8) is 0 Å². The zero-order valence-electron chi connectivity index (χ0n) is 25.8. The Morgan fingerprint density at radius 1 is 1.14 bits per heavy atom. The molecule has 0 spiro atoms. The van der Waals surface area contributed by atoms with Gasteiger partial charge in [0.2, 0.25) is 0 Å². The van der Waals surface area contributed by atoms with Gasteiger partial charge < -0.3 is 14.4 Å². The predicted molar refractivity (Wildman–Crippen MR) is 164 cm³/mol. The topological polar surface area (TPSA) is 97.8 Å². The Kier molecular flexibility index (Phi) is 7.77. The molecular weight excluding hydrogens is 550 g/mol. The van der Waals surface area contributed by atoms with E-state index in [2.05, 4.69) is 32.4 Å². The van der Waals surface area contributed by atoms with E-state index in [0.29, 0.717) is 52.6 Å². The molecule has 2 aromatic rings. The summed E-state index contributed by atoms with van der Waals surface area (Å²) in [6.07, 6.45) is 2.75. The van der Waals surface area contributed by atoms with Crippen LogP contribution in [-0.2, 0) is 14.3 Å². The SMILES string of the molecule is COc1ccc(-c2ccc(C)c(C(=O)NSC)n2)c(C)c1[C@@H]1C2=C(CC(C)(C)CC2=O)OC2=C1C(=O)N(C)[C@H]2C(C)C. The van der Waals surface area contributed by atoms with Crippen LogP contribution >= 0.6 is 11.9 Å². The molecule has 222 valence electrons. The van der Waals surface area contributed by atoms with Crippen molar-refractivity contribution < 1.29 is 23.9 Å². The van der Waals surface area contributed by atoms with Crippen molar-refractivity contribution >= 4 is 29.5 Å². The molecule has 1 N–H and O–H groups in total. The molecule has 0 saturated carbocycles. The molecule has 1 aromatic carbocycles. The first-order valence-corrected chi connectivity index (χ1v) is 15.5. The molecule has 5 rings (SSSR count). The highest BCUT2D eigenvalue weighted by Crippen LogP contribution is 2.55. The lowest BCUT2D eigenvalue weighted by Gasteiger charge is -2.39. The van der Waals surface area contributed by atoms with Crippen LogP contribution in [0.25, 0.3) is 11.3 Å². The molecule has 3 aliphatic rings. The largest absolute Gasteiger partial charge is 0.496 e. The summed E-state index contributed by atoms with van der Waals surface area (Å²) in [5, 5.41) is 0. The molecule has 0 fully saturated rings. The van der Waals surface area contributed by atoms with E-state index in [1.54, 1.807) is 25.3 Å². The summed E-state index contributed by atoms with van der Waals surface area (Å²) in [5.41, 5.74) is 4.87. The van der Waals surface area contributed by atoms with Gasteiger partial charge in [-0.3, -0.25) is 19.1 Å². The van der Waals surface area contributed by atoms with Gasteiger partial charge in [0.1, 0.15) is 23.0 Å². The van der Waals surface area contributed by atoms with Gasteiger partial charge in [-0.2, -0.15) is 0 Å². The Balaban J connectivity index is 1.78. The van der Waals surface area contributed by atoms with Crippen molar-refractivity contribution in [1.82, 2.24) is 14.6 Å². The van der Waals surface area contributed by atoms with E-state index in [1.165, 1.54) is 11.9 Å². The van der Waals surface area contributed by atoms with Crippen LogP contribution in [0.1, 0.15) is 73.6 Å². The van der Waals surface area contributed by atoms with Crippen LogP contribution in [0.2, 0.25) is 0 Å². The van der Waals surface area contributed by atoms with Crippen LogP contribution in [0.5, 0.6) is 5.75 Å². The summed E-state index contributed by atoms with van der Waals surface area (Å²) >= 11 is 1.22. The molecule has 1 aliphatic carbocycles. The van der Waals surface area contributed by atoms with Crippen molar-refractivity contribution in [3.05, 3.63) is 69.3 Å². The van der Waals surface area contributed by atoms with Gasteiger partial charge in [-0.25, -0.2) is 4.98 Å². The minimum atomic E-state index is -0.648. The summed E-state index contributed by atoms with van der Waals surface area (Å²) in [7, 11) is 3.40. The summed E-state index contributed by atoms with van der Waals surface area (Å²) in [6.45, 7) is 12.1. The highest BCUT2D eigenvalue weighted by atomic mass is 32.2. The van der Waals surface area contributed by atoms with Crippen LogP contribution in [0, 0.1) is 25.2 Å². The first kappa shape index (κ1) is 29.9. The number of ether oxygens (including phenoxy) is 2. The van der Waals surface area contributed by atoms with E-state index in [1.807, 2.05) is 38.1 Å². The van der Waals surface area contributed by atoms with E-state index in [9.17, 15) is 14.4 Å². The molecule has 42 heavy (non-hydrogen) atoms. The van der Waals surface area contributed by atoms with Gasteiger partial charge in [-0.15, -0.1) is 0 Å². The maximum absolute atomic E-state index is 14.0. The van der Waals surface area contributed by atoms with Gasteiger partial charge in [-0.1, -0.05) is 45.7 Å². The van der Waals surface area contributed by atoms with Gasteiger partial charge in [0.05, 0.1) is 30.3 Å². The number of hydrogen-bond donors (Lipinski definition) is 1. The fraction of sp³-hybridized carbons (Fsp3) is 0.455. The number of pyridine rings is 1. The molecule has 0 radical (unpaired) electrons. The van der Waals surface area contributed by atoms with E-state index >= 15 is 0 Å². The number of rotatable bonds is 6. The maximum atomic E-state index is 14.0. The molecular formula is C33H39N3O5S. The highest BCUT2D eigenvalue weighted by Gasteiger charge is 2.52. The Bertz CT molecular complexity index is 1570. The van der Waals surface area contributed by atoms with Crippen LogP contribution in [0.4, 0.5) is 0 Å². The number of carbonyl (C=O) groups is 3. The molecule has 0 saturated heterocycles. The number of aromatic nitrogens is 1. The monoisotopic (exact) mass is 589 g/mol. The molecule has 2 amide bonds. The van der Waals surface area contributed by atoms with Gasteiger partial charge >= 0.3 is 0 Å². The quantitative estimate of drug-likeness (QED) is 0.420. The van der Waals surface area contributed by atoms with Crippen molar-refractivity contribution in [2.45, 2.75) is 66.3 Å². The minimum Gasteiger partial charge on any atom is -0.496 e. The zero-order valence-corrected chi connectivity index (χ0v) is 26.6. The lowest BCUT2D eigenvalue weighted by molar-refractivity contribution is -0.126. The number of hydrogen-bond acceptors (Lipinski definition) is 7. The highest BCUT2D eigenvalue weighted by molar-refractivity contribution is 7.97. The number of Topliss-reactive ketones (excluding diaryl/α,β-unsaturated/α-hetero) is 1. The number of benzene rings is 1. The smallest absolute Gasteiger partial charge is 0.279 e. The van der Waals surface area contributed by atoms with E-state index in [-0.39, 0.29) is 35.0 Å². The molecule has 0 bridgehead atoms. The number of likely N-dealkylation sites (N-methyl/N-ethyl adjacent to an activating group) is 1. The van der Waals surface area contributed by atoms with Crippen molar-refractivity contribution in [1.29, 1.82) is 0 Å². The van der Waals surface area contributed by atoms with E-state index in [0.717, 1.165) is 22.3 Å². The van der Waals surface area contributed by atoms with E-state index < -0.39 is 5.92 Å². The molecule has 0 unspecified atom stereocenters. The molecule has 2 aliphatic heterocycles. The molecule has 1 aromatic heterocycles. The van der Waals surface area contributed by atoms with Crippen molar-refractivity contribution in [2.24, 2.45) is 11.3 Å². The second-order valence-corrected chi connectivity index (χ2v) is 13.2. The number of ketones is 1. The van der Waals surface area contributed by atoms with Gasteiger partial charge in [0, 0.05) is 42.8 Å². The average Bonchev–Trinajstić information content (AvgIpc) is 3.16. The minimum absolute atomic E-state index is 0.0161. The molecule has 9 heteroatoms. The average molecular weight is 590 g/mol. The van der Waals surface area contributed by atoms with Crippen LogP contribution in [0.15, 0.2) is 46.9 Å².